The summed E-state index contributed by atoms with van der Waals surface area (Å²) in [5, 5.41) is 9.61. The Hall–Kier alpha value is -3.31. The molecule has 0 saturated carbocycles. The predicted molar refractivity (Wildman–Crippen MR) is 107 cm³/mol. The number of hydrogen-bond acceptors (Lipinski definition) is 4. The Labute approximate surface area is 157 Å². The minimum Gasteiger partial charge on any atom is -0.392 e. The number of hydrogen-bond donors (Lipinski definition) is 1. The lowest BCUT2D eigenvalue weighted by Crippen LogP contribution is -2.11. The van der Waals surface area contributed by atoms with Crippen LogP contribution in [0.25, 0.3) is 11.2 Å². The first-order valence-electron chi connectivity index (χ1n) is 8.89. The number of aromatic nitrogens is 3. The van der Waals surface area contributed by atoms with E-state index in [1.807, 2.05) is 47.0 Å². The molecule has 5 heteroatoms. The first-order chi connectivity index (χ1) is 13.2. The summed E-state index contributed by atoms with van der Waals surface area (Å²) in [7, 11) is 0. The molecule has 0 fully saturated rings. The van der Waals surface area contributed by atoms with Crippen LogP contribution in [0.15, 0.2) is 84.2 Å². The Bertz CT molecular complexity index is 1030. The van der Waals surface area contributed by atoms with Gasteiger partial charge in [0.25, 0.3) is 0 Å². The molecular formula is C22H20N4O. The maximum Gasteiger partial charge on any atom is 0.160 e. The lowest BCUT2D eigenvalue weighted by atomic mass is 10.0. The van der Waals surface area contributed by atoms with Gasteiger partial charge in [0.05, 0.1) is 36.6 Å². The number of fused-ring (bicyclic) bond motifs is 1. The van der Waals surface area contributed by atoms with Crippen LogP contribution in [0.4, 0.5) is 5.69 Å². The quantitative estimate of drug-likeness (QED) is 0.550. The lowest BCUT2D eigenvalue weighted by molar-refractivity contribution is 0.175. The summed E-state index contributed by atoms with van der Waals surface area (Å²) >= 11 is 0. The zero-order valence-corrected chi connectivity index (χ0v) is 15.0. The van der Waals surface area contributed by atoms with Crippen LogP contribution in [0, 0.1) is 0 Å². The molecule has 134 valence electrons. The third kappa shape index (κ3) is 3.78. The van der Waals surface area contributed by atoms with E-state index in [-0.39, 0.29) is 0 Å². The second-order valence-corrected chi connectivity index (χ2v) is 6.47. The highest BCUT2D eigenvalue weighted by atomic mass is 16.3. The fourth-order valence-corrected chi connectivity index (χ4v) is 3.03. The monoisotopic (exact) mass is 356 g/mol. The Kier molecular flexibility index (Phi) is 4.77. The minimum atomic E-state index is -0.454. The van der Waals surface area contributed by atoms with E-state index in [2.05, 4.69) is 34.2 Å². The fraction of sp³-hybridized carbons (Fsp3) is 0.136. The van der Waals surface area contributed by atoms with Crippen LogP contribution in [0.3, 0.4) is 0 Å². The highest BCUT2D eigenvalue weighted by molar-refractivity contribution is 6.14. The number of aliphatic hydroxyl groups excluding tert-OH is 1. The van der Waals surface area contributed by atoms with E-state index in [1.54, 1.807) is 19.4 Å². The van der Waals surface area contributed by atoms with Gasteiger partial charge in [-0.1, -0.05) is 60.7 Å². The number of rotatable bonds is 5. The Morgan fingerprint density at radius 3 is 2.22 bits per heavy atom. The van der Waals surface area contributed by atoms with Crippen molar-refractivity contribution in [3.8, 4) is 0 Å². The molecular weight excluding hydrogens is 336 g/mol. The van der Waals surface area contributed by atoms with E-state index < -0.39 is 6.10 Å². The van der Waals surface area contributed by atoms with Gasteiger partial charge in [-0.3, -0.25) is 0 Å². The maximum absolute atomic E-state index is 9.61. The molecule has 0 spiro atoms. The minimum absolute atomic E-state index is 0.454. The van der Waals surface area contributed by atoms with Crippen LogP contribution < -0.4 is 0 Å². The van der Waals surface area contributed by atoms with E-state index in [1.165, 1.54) is 0 Å². The lowest BCUT2D eigenvalue weighted by Gasteiger charge is -2.08. The second kappa shape index (κ2) is 7.51. The summed E-state index contributed by atoms with van der Waals surface area (Å²) in [5.41, 5.74) is 5.23. The number of aliphatic hydroxyl groups is 1. The topological polar surface area (TPSA) is 63.3 Å². The summed E-state index contributed by atoms with van der Waals surface area (Å²) in [6.45, 7) is 2.21. The molecule has 2 heterocycles. The first-order valence-corrected chi connectivity index (χ1v) is 8.89. The highest BCUT2D eigenvalue weighted by Gasteiger charge is 2.10. The van der Waals surface area contributed by atoms with Crippen LogP contribution in [-0.2, 0) is 6.54 Å². The fourth-order valence-electron chi connectivity index (χ4n) is 3.03. The number of nitrogens with zero attached hydrogens (tertiary/aromatic N) is 4. The molecule has 0 aliphatic rings. The molecule has 1 unspecified atom stereocenters. The van der Waals surface area contributed by atoms with Crippen LogP contribution in [0.5, 0.6) is 0 Å². The van der Waals surface area contributed by atoms with Crippen molar-refractivity contribution in [3.05, 3.63) is 90.4 Å². The van der Waals surface area contributed by atoms with Crippen molar-refractivity contribution in [2.45, 2.75) is 19.6 Å². The van der Waals surface area contributed by atoms with Gasteiger partial charge in [0.2, 0.25) is 0 Å². The van der Waals surface area contributed by atoms with Crippen molar-refractivity contribution in [1.82, 2.24) is 14.5 Å². The number of imidazole rings is 1. The van der Waals surface area contributed by atoms with Gasteiger partial charge in [0.15, 0.2) is 5.65 Å². The molecule has 0 aliphatic carbocycles. The molecule has 0 amide bonds. The molecule has 27 heavy (non-hydrogen) atoms. The van der Waals surface area contributed by atoms with Gasteiger partial charge in [-0.15, -0.1) is 0 Å². The van der Waals surface area contributed by atoms with Crippen LogP contribution in [0.1, 0.15) is 18.1 Å². The van der Waals surface area contributed by atoms with Crippen LogP contribution >= 0.6 is 0 Å². The molecule has 0 saturated heterocycles. The van der Waals surface area contributed by atoms with Gasteiger partial charge in [0, 0.05) is 11.1 Å². The van der Waals surface area contributed by atoms with Gasteiger partial charge < -0.3 is 9.67 Å². The summed E-state index contributed by atoms with van der Waals surface area (Å²) in [6.07, 6.45) is 2.99. The Morgan fingerprint density at radius 1 is 1.00 bits per heavy atom. The SMILES string of the molecule is CC(O)Cn1cnc2cc(N=C(c3ccccc3)c3ccccc3)cnc21. The molecule has 4 rings (SSSR count). The molecule has 1 atom stereocenters. The van der Waals surface area contributed by atoms with E-state index >= 15 is 0 Å². The summed E-state index contributed by atoms with van der Waals surface area (Å²) in [5.74, 6) is 0. The third-order valence-electron chi connectivity index (χ3n) is 4.24. The third-order valence-corrected chi connectivity index (χ3v) is 4.24. The van der Waals surface area contributed by atoms with Crippen molar-refractivity contribution < 1.29 is 5.11 Å². The molecule has 1 N–H and O–H groups in total. The van der Waals surface area contributed by atoms with Crippen LogP contribution in [-0.4, -0.2) is 31.5 Å². The largest absolute Gasteiger partial charge is 0.392 e. The molecule has 2 aromatic heterocycles. The van der Waals surface area contributed by atoms with Crippen molar-refractivity contribution in [2.24, 2.45) is 4.99 Å². The number of aliphatic imine (C=N–C) groups is 1. The highest BCUT2D eigenvalue weighted by Crippen LogP contribution is 2.21. The zero-order chi connectivity index (χ0) is 18.6. The van der Waals surface area contributed by atoms with Gasteiger partial charge in [0.1, 0.15) is 5.52 Å². The summed E-state index contributed by atoms with van der Waals surface area (Å²) in [6, 6.07) is 22.1. The smallest absolute Gasteiger partial charge is 0.160 e. The molecule has 4 aromatic rings. The maximum atomic E-state index is 9.61. The predicted octanol–water partition coefficient (Wildman–Crippen LogP) is 3.98. The Balaban J connectivity index is 1.78. The van der Waals surface area contributed by atoms with Crippen molar-refractivity contribution in [3.63, 3.8) is 0 Å². The summed E-state index contributed by atoms with van der Waals surface area (Å²) in [4.78, 5) is 13.8. The number of benzene rings is 2. The summed E-state index contributed by atoms with van der Waals surface area (Å²) < 4.78 is 1.85. The van der Waals surface area contributed by atoms with E-state index in [0.717, 1.165) is 33.7 Å². The van der Waals surface area contributed by atoms with Crippen molar-refractivity contribution in [2.75, 3.05) is 0 Å². The normalized spacial score (nSPS) is 12.1. The van der Waals surface area contributed by atoms with Gasteiger partial charge >= 0.3 is 0 Å². The zero-order valence-electron chi connectivity index (χ0n) is 15.0. The average Bonchev–Trinajstić information content (AvgIpc) is 3.09. The van der Waals surface area contributed by atoms with Gasteiger partial charge in [-0.05, 0) is 13.0 Å². The number of pyridine rings is 1. The van der Waals surface area contributed by atoms with E-state index in [9.17, 15) is 5.11 Å². The van der Waals surface area contributed by atoms with E-state index in [0.29, 0.717) is 6.54 Å². The van der Waals surface area contributed by atoms with Gasteiger partial charge in [-0.25, -0.2) is 15.0 Å². The molecule has 0 aliphatic heterocycles. The molecule has 0 bridgehead atoms. The van der Waals surface area contributed by atoms with Crippen molar-refractivity contribution in [1.29, 1.82) is 0 Å². The second-order valence-electron chi connectivity index (χ2n) is 6.47. The molecule has 5 nitrogen and oxygen atoms in total. The van der Waals surface area contributed by atoms with E-state index in [4.69, 9.17) is 4.99 Å². The van der Waals surface area contributed by atoms with Crippen molar-refractivity contribution >= 4 is 22.6 Å². The van der Waals surface area contributed by atoms with Crippen LogP contribution in [0.2, 0.25) is 0 Å². The Morgan fingerprint density at radius 2 is 1.63 bits per heavy atom. The first kappa shape index (κ1) is 17.1. The molecule has 2 aromatic carbocycles. The van der Waals surface area contributed by atoms with Gasteiger partial charge in [-0.2, -0.15) is 0 Å². The molecule has 0 radical (unpaired) electrons. The standard InChI is InChI=1S/C22H20N4O/c1-16(27)14-26-15-24-20-12-19(13-23-22(20)26)25-21(17-8-4-2-5-9-17)18-10-6-3-7-11-18/h2-13,15-16,27H,14H2,1H3. The average molecular weight is 356 g/mol.